The summed E-state index contributed by atoms with van der Waals surface area (Å²) in [5.74, 6) is -0.832. The van der Waals surface area contributed by atoms with Crippen molar-refractivity contribution in [3.8, 4) is 11.5 Å². The fourth-order valence-electron chi connectivity index (χ4n) is 1.97. The van der Waals surface area contributed by atoms with Crippen LogP contribution in [0.2, 0.25) is 0 Å². The highest BCUT2D eigenvalue weighted by Crippen LogP contribution is 2.25. The number of alkyl halides is 4. The number of para-hydroxylation sites is 2. The van der Waals surface area contributed by atoms with Crippen LogP contribution in [0.3, 0.4) is 0 Å². The van der Waals surface area contributed by atoms with Crippen molar-refractivity contribution >= 4 is 17.8 Å². The van der Waals surface area contributed by atoms with Gasteiger partial charge in [0, 0.05) is 0 Å². The van der Waals surface area contributed by atoms with Crippen molar-refractivity contribution in [2.24, 2.45) is 5.16 Å². The molecule has 0 spiro atoms. The van der Waals surface area contributed by atoms with Gasteiger partial charge in [-0.15, -0.1) is 0 Å². The van der Waals surface area contributed by atoms with Crippen molar-refractivity contribution in [1.29, 1.82) is 0 Å². The number of hydrogen-bond acceptors (Lipinski definition) is 5. The summed E-state index contributed by atoms with van der Waals surface area (Å²) in [6, 6.07) is 11.3. The Balaban J connectivity index is 1.90. The third-order valence-electron chi connectivity index (χ3n) is 3.26. The maximum Gasteiger partial charge on any atom is 0.387 e. The summed E-state index contributed by atoms with van der Waals surface area (Å²) < 4.78 is 57.5. The molecule has 2 rings (SSSR count). The number of halogens is 4. The monoisotopic (exact) mass is 400 g/mol. The predicted molar refractivity (Wildman–Crippen MR) is 92.9 cm³/mol. The molecule has 10 heteroatoms. The lowest BCUT2D eigenvalue weighted by molar-refractivity contribution is -0.126. The average Bonchev–Trinajstić information content (AvgIpc) is 2.63. The molecule has 6 nitrogen and oxygen atoms in total. The topological polar surface area (TPSA) is 69.2 Å². The molecule has 1 atom stereocenters. The summed E-state index contributed by atoms with van der Waals surface area (Å²) in [5.41, 5.74) is 0.576. The van der Waals surface area contributed by atoms with Crippen molar-refractivity contribution in [1.82, 2.24) is 0 Å². The summed E-state index contributed by atoms with van der Waals surface area (Å²) in [5, 5.41) is 6.05. The van der Waals surface area contributed by atoms with E-state index in [9.17, 15) is 22.4 Å². The first-order valence-electron chi connectivity index (χ1n) is 7.94. The number of benzene rings is 2. The number of nitrogens with one attached hydrogen (secondary N) is 1. The van der Waals surface area contributed by atoms with Crippen LogP contribution >= 0.6 is 0 Å². The second-order valence-electron chi connectivity index (χ2n) is 5.29. The number of carbonyl (C=O) groups excluding carboxylic acids is 1. The Kier molecular flexibility index (Phi) is 7.61. The molecule has 0 aliphatic rings. The zero-order valence-electron chi connectivity index (χ0n) is 14.5. The first-order chi connectivity index (χ1) is 13.3. The van der Waals surface area contributed by atoms with Gasteiger partial charge in [-0.2, -0.15) is 17.6 Å². The van der Waals surface area contributed by atoms with Gasteiger partial charge >= 0.3 is 13.2 Å². The van der Waals surface area contributed by atoms with Gasteiger partial charge in [0.1, 0.15) is 11.5 Å². The van der Waals surface area contributed by atoms with Crippen molar-refractivity contribution in [3.05, 3.63) is 54.1 Å². The summed E-state index contributed by atoms with van der Waals surface area (Å²) in [7, 11) is 0. The van der Waals surface area contributed by atoms with Crippen molar-refractivity contribution in [2.45, 2.75) is 26.3 Å². The van der Waals surface area contributed by atoms with Crippen LogP contribution in [-0.4, -0.2) is 31.4 Å². The standard InChI is InChI=1S/C18H16F4N2O4/c1-11(16(25)24-14-4-2-3-5-15(14)27-18(21)22)28-23-10-12-6-8-13(9-7-12)26-17(19)20/h2-11,17-18H,1H3,(H,24,25)/b23-10+. The van der Waals surface area contributed by atoms with Gasteiger partial charge in [0.15, 0.2) is 0 Å². The summed E-state index contributed by atoms with van der Waals surface area (Å²) >= 11 is 0. The summed E-state index contributed by atoms with van der Waals surface area (Å²) in [6.07, 6.45) is 0.223. The van der Waals surface area contributed by atoms with E-state index < -0.39 is 25.2 Å². The number of oxime groups is 1. The van der Waals surface area contributed by atoms with E-state index in [4.69, 9.17) is 4.84 Å². The van der Waals surface area contributed by atoms with E-state index in [2.05, 4.69) is 19.9 Å². The molecule has 1 N–H and O–H groups in total. The highest BCUT2D eigenvalue weighted by Gasteiger charge is 2.17. The molecule has 0 aliphatic carbocycles. The second-order valence-corrected chi connectivity index (χ2v) is 5.29. The van der Waals surface area contributed by atoms with Crippen LogP contribution < -0.4 is 14.8 Å². The Hall–Kier alpha value is -3.30. The van der Waals surface area contributed by atoms with Crippen LogP contribution in [0, 0.1) is 0 Å². The van der Waals surface area contributed by atoms with Crippen LogP contribution in [0.4, 0.5) is 23.2 Å². The maximum atomic E-state index is 12.4. The molecule has 0 radical (unpaired) electrons. The zero-order valence-corrected chi connectivity index (χ0v) is 14.5. The highest BCUT2D eigenvalue weighted by molar-refractivity contribution is 5.95. The van der Waals surface area contributed by atoms with Crippen molar-refractivity contribution in [3.63, 3.8) is 0 Å². The molecule has 0 heterocycles. The van der Waals surface area contributed by atoms with Crippen LogP contribution in [0.5, 0.6) is 11.5 Å². The maximum absolute atomic E-state index is 12.4. The SMILES string of the molecule is CC(O/N=C/c1ccc(OC(F)F)cc1)C(=O)Nc1ccccc1OC(F)F. The summed E-state index contributed by atoms with van der Waals surface area (Å²) in [4.78, 5) is 17.1. The minimum absolute atomic E-state index is 0.00880. The minimum atomic E-state index is -3.03. The van der Waals surface area contributed by atoms with Crippen LogP contribution in [0.1, 0.15) is 12.5 Å². The molecule has 0 saturated carbocycles. The van der Waals surface area contributed by atoms with Gasteiger partial charge in [-0.25, -0.2) is 0 Å². The van der Waals surface area contributed by atoms with E-state index in [1.165, 1.54) is 55.6 Å². The number of rotatable bonds is 9. The van der Waals surface area contributed by atoms with E-state index in [0.717, 1.165) is 0 Å². The molecule has 0 aromatic heterocycles. The van der Waals surface area contributed by atoms with Gasteiger partial charge < -0.3 is 19.6 Å². The molecule has 150 valence electrons. The Morgan fingerprint density at radius 1 is 1.00 bits per heavy atom. The number of nitrogens with zero attached hydrogens (tertiary/aromatic N) is 1. The van der Waals surface area contributed by atoms with Crippen LogP contribution in [0.25, 0.3) is 0 Å². The van der Waals surface area contributed by atoms with Crippen LogP contribution in [0.15, 0.2) is 53.7 Å². The normalized spacial score (nSPS) is 12.2. The van der Waals surface area contributed by atoms with Crippen molar-refractivity contribution < 1.29 is 36.7 Å². The Morgan fingerprint density at radius 3 is 2.29 bits per heavy atom. The zero-order chi connectivity index (χ0) is 20.5. The average molecular weight is 400 g/mol. The lowest BCUT2D eigenvalue weighted by Gasteiger charge is -2.14. The van der Waals surface area contributed by atoms with Gasteiger partial charge in [0.05, 0.1) is 11.9 Å². The molecule has 28 heavy (non-hydrogen) atoms. The first kappa shape index (κ1) is 21.0. The van der Waals surface area contributed by atoms with Gasteiger partial charge in [-0.3, -0.25) is 4.79 Å². The number of ether oxygens (including phenoxy) is 2. The molecule has 0 saturated heterocycles. The Bertz CT molecular complexity index is 800. The predicted octanol–water partition coefficient (Wildman–Crippen LogP) is 4.27. The van der Waals surface area contributed by atoms with E-state index in [1.54, 1.807) is 6.07 Å². The number of amides is 1. The Labute approximate surface area is 157 Å². The molecule has 0 fully saturated rings. The minimum Gasteiger partial charge on any atom is -0.435 e. The largest absolute Gasteiger partial charge is 0.435 e. The molecule has 2 aromatic carbocycles. The molecule has 0 bridgehead atoms. The number of carbonyl (C=O) groups is 1. The van der Waals surface area contributed by atoms with E-state index in [0.29, 0.717) is 5.56 Å². The quantitative estimate of drug-likeness (QED) is 0.388. The van der Waals surface area contributed by atoms with Gasteiger partial charge in [-0.1, -0.05) is 17.3 Å². The molecular weight excluding hydrogens is 384 g/mol. The fraction of sp³-hybridized carbons (Fsp3) is 0.222. The fourth-order valence-corrected chi connectivity index (χ4v) is 1.97. The van der Waals surface area contributed by atoms with E-state index in [1.807, 2.05) is 0 Å². The Morgan fingerprint density at radius 2 is 1.64 bits per heavy atom. The third-order valence-corrected chi connectivity index (χ3v) is 3.26. The molecular formula is C18H16F4N2O4. The number of anilines is 1. The van der Waals surface area contributed by atoms with Crippen LogP contribution in [-0.2, 0) is 9.63 Å². The third kappa shape index (κ3) is 6.78. The van der Waals surface area contributed by atoms with Gasteiger partial charge in [0.2, 0.25) is 6.10 Å². The molecule has 1 unspecified atom stereocenters. The van der Waals surface area contributed by atoms with Crippen molar-refractivity contribution in [2.75, 3.05) is 5.32 Å². The van der Waals surface area contributed by atoms with E-state index >= 15 is 0 Å². The van der Waals surface area contributed by atoms with Gasteiger partial charge in [0.25, 0.3) is 5.91 Å². The lowest BCUT2D eigenvalue weighted by Crippen LogP contribution is -2.26. The second kappa shape index (κ2) is 10.1. The number of hydrogen-bond donors (Lipinski definition) is 1. The van der Waals surface area contributed by atoms with Gasteiger partial charge in [-0.05, 0) is 48.9 Å². The molecule has 0 aliphatic heterocycles. The van der Waals surface area contributed by atoms with E-state index in [-0.39, 0.29) is 17.2 Å². The lowest BCUT2D eigenvalue weighted by atomic mass is 10.2. The smallest absolute Gasteiger partial charge is 0.387 e. The molecule has 2 aromatic rings. The molecule has 1 amide bonds. The summed E-state index contributed by atoms with van der Waals surface area (Å²) in [6.45, 7) is -4.55. The first-order valence-corrected chi connectivity index (χ1v) is 7.94. The highest BCUT2D eigenvalue weighted by atomic mass is 19.3.